The van der Waals surface area contributed by atoms with E-state index < -0.39 is 6.09 Å². The molecule has 1 amide bonds. The van der Waals surface area contributed by atoms with Crippen molar-refractivity contribution >= 4 is 33.6 Å². The number of nitrogens with two attached hydrogens (primary N) is 1. The first-order valence-corrected chi connectivity index (χ1v) is 10.6. The third-order valence-electron chi connectivity index (χ3n) is 5.49. The minimum Gasteiger partial charge on any atom is -0.493 e. The molecule has 0 unspecified atom stereocenters. The van der Waals surface area contributed by atoms with Gasteiger partial charge in [0.15, 0.2) is 11.5 Å². The summed E-state index contributed by atoms with van der Waals surface area (Å²) in [4.78, 5) is 24.2. The molecule has 3 aromatic heterocycles. The first kappa shape index (κ1) is 22.8. The predicted molar refractivity (Wildman–Crippen MR) is 129 cm³/mol. The van der Waals surface area contributed by atoms with Gasteiger partial charge in [0.25, 0.3) is 0 Å². The molecule has 0 saturated heterocycles. The minimum atomic E-state index is -1.09. The maximum absolute atomic E-state index is 10.9. The molecule has 3 heterocycles. The van der Waals surface area contributed by atoms with Gasteiger partial charge in [-0.05, 0) is 30.0 Å². The minimum absolute atomic E-state index is 0.180. The fourth-order valence-corrected chi connectivity index (χ4v) is 3.68. The van der Waals surface area contributed by atoms with Gasteiger partial charge in [-0.25, -0.2) is 9.78 Å². The molecule has 0 bridgehead atoms. The summed E-state index contributed by atoms with van der Waals surface area (Å²) in [5.41, 5.74) is 8.34. The molecule has 0 aliphatic rings. The molecule has 176 valence electrons. The number of hydrogen-bond acceptors (Lipinski definition) is 8. The van der Waals surface area contributed by atoms with Crippen LogP contribution >= 0.6 is 0 Å². The van der Waals surface area contributed by atoms with E-state index in [0.717, 1.165) is 21.7 Å². The monoisotopic (exact) mass is 463 g/mol. The van der Waals surface area contributed by atoms with E-state index >= 15 is 0 Å². The van der Waals surface area contributed by atoms with E-state index in [9.17, 15) is 4.79 Å². The molecule has 0 fully saturated rings. The molecule has 1 aromatic carbocycles. The number of nitrogens with one attached hydrogen (secondary N) is 1. The second-order valence-corrected chi connectivity index (χ2v) is 7.61. The van der Waals surface area contributed by atoms with Crippen molar-refractivity contribution in [3.05, 3.63) is 42.9 Å². The molecule has 0 spiro atoms. The molecule has 10 heteroatoms. The van der Waals surface area contributed by atoms with Crippen molar-refractivity contribution in [3.8, 4) is 28.5 Å². The third-order valence-corrected chi connectivity index (χ3v) is 5.49. The second kappa shape index (κ2) is 9.65. The number of nitrogens with zero attached hydrogens (tertiary/aromatic N) is 3. The Morgan fingerprint density at radius 1 is 1.06 bits per heavy atom. The largest absolute Gasteiger partial charge is 0.493 e. The molecule has 10 nitrogen and oxygen atoms in total. The molecular formula is C24H25N5O5. The highest BCUT2D eigenvalue weighted by Crippen LogP contribution is 2.37. The summed E-state index contributed by atoms with van der Waals surface area (Å²) in [6, 6.07) is 7.06. The van der Waals surface area contributed by atoms with E-state index in [0.29, 0.717) is 40.7 Å². The molecule has 4 aromatic rings. The number of pyridine rings is 3. The van der Waals surface area contributed by atoms with Gasteiger partial charge in [-0.15, -0.1) is 0 Å². The van der Waals surface area contributed by atoms with Crippen LogP contribution in [0.25, 0.3) is 32.9 Å². The lowest BCUT2D eigenvalue weighted by molar-refractivity contribution is 0.180. The molecule has 0 aliphatic heterocycles. The van der Waals surface area contributed by atoms with E-state index in [1.807, 2.05) is 25.1 Å². The Bertz CT molecular complexity index is 1360. The number of methoxy groups -OCH3 is 2. The number of benzene rings is 1. The Kier molecular flexibility index (Phi) is 6.48. The smallest absolute Gasteiger partial charge is 0.404 e. The first-order valence-electron chi connectivity index (χ1n) is 10.6. The summed E-state index contributed by atoms with van der Waals surface area (Å²) in [5.74, 6) is 1.99. The average Bonchev–Trinajstić information content (AvgIpc) is 2.85. The Morgan fingerprint density at radius 3 is 2.53 bits per heavy atom. The molecule has 4 rings (SSSR count). The molecule has 1 atom stereocenters. The number of carboxylic acid groups (broad SMARTS) is 1. The number of aromatic nitrogens is 3. The summed E-state index contributed by atoms with van der Waals surface area (Å²) in [7, 11) is 3.16. The number of amides is 1. The maximum atomic E-state index is 10.9. The number of fused-ring (bicyclic) bond motifs is 3. The number of ether oxygens (including phenoxy) is 3. The zero-order valence-corrected chi connectivity index (χ0v) is 19.0. The van der Waals surface area contributed by atoms with Crippen LogP contribution in [0, 0.1) is 0 Å². The van der Waals surface area contributed by atoms with Gasteiger partial charge in [-0.2, -0.15) is 0 Å². The van der Waals surface area contributed by atoms with Crippen molar-refractivity contribution in [2.24, 2.45) is 0 Å². The number of anilines is 1. The van der Waals surface area contributed by atoms with Gasteiger partial charge in [-0.3, -0.25) is 9.97 Å². The van der Waals surface area contributed by atoms with Crippen LogP contribution in [-0.2, 0) is 0 Å². The van der Waals surface area contributed by atoms with Gasteiger partial charge in [0, 0.05) is 34.8 Å². The van der Waals surface area contributed by atoms with E-state index in [-0.39, 0.29) is 12.6 Å². The van der Waals surface area contributed by atoms with Gasteiger partial charge in [0.2, 0.25) is 0 Å². The molecule has 0 radical (unpaired) electrons. The van der Waals surface area contributed by atoms with E-state index in [4.69, 9.17) is 25.1 Å². The fraction of sp³-hybridized carbons (Fsp3) is 0.250. The van der Waals surface area contributed by atoms with Crippen molar-refractivity contribution in [2.45, 2.75) is 19.4 Å². The highest BCUT2D eigenvalue weighted by molar-refractivity contribution is 6.10. The van der Waals surface area contributed by atoms with Gasteiger partial charge in [-0.1, -0.05) is 6.92 Å². The standard InChI is InChI=1S/C24H25N5O5/c1-4-14(28-24(30)31)12-34-15-5-13(9-26-10-15)19-6-16-17-7-21(32-2)22(33-3)8-20(17)27-11-18(16)23(25)29-19/h5-11,14,28H,4,12H2,1-3H3,(H2,25,29)(H,30,31)/t14-/m1/s1. The number of hydrogen-bond donors (Lipinski definition) is 3. The van der Waals surface area contributed by atoms with Crippen LogP contribution in [0.2, 0.25) is 0 Å². The molecule has 4 N–H and O–H groups in total. The third kappa shape index (κ3) is 4.56. The Hall–Kier alpha value is -4.34. The second-order valence-electron chi connectivity index (χ2n) is 7.61. The number of nitrogen functional groups attached to an aromatic ring is 1. The summed E-state index contributed by atoms with van der Waals surface area (Å²) in [6.07, 6.45) is 4.43. The maximum Gasteiger partial charge on any atom is 0.404 e. The lowest BCUT2D eigenvalue weighted by atomic mass is 10.0. The summed E-state index contributed by atoms with van der Waals surface area (Å²) < 4.78 is 16.6. The van der Waals surface area contributed by atoms with Crippen molar-refractivity contribution in [2.75, 3.05) is 26.6 Å². The Labute approximate surface area is 195 Å². The number of rotatable bonds is 8. The quantitative estimate of drug-likeness (QED) is 0.332. The highest BCUT2D eigenvalue weighted by atomic mass is 16.5. The Morgan fingerprint density at radius 2 is 1.82 bits per heavy atom. The van der Waals surface area contributed by atoms with E-state index in [2.05, 4.69) is 20.3 Å². The highest BCUT2D eigenvalue weighted by Gasteiger charge is 2.15. The summed E-state index contributed by atoms with van der Waals surface area (Å²) in [5, 5.41) is 13.8. The Balaban J connectivity index is 1.74. The summed E-state index contributed by atoms with van der Waals surface area (Å²) in [6.45, 7) is 2.06. The van der Waals surface area contributed by atoms with Crippen LogP contribution < -0.4 is 25.3 Å². The van der Waals surface area contributed by atoms with E-state index in [1.165, 1.54) is 0 Å². The van der Waals surface area contributed by atoms with Gasteiger partial charge in [0.05, 0.1) is 37.7 Å². The van der Waals surface area contributed by atoms with Crippen LogP contribution in [0.1, 0.15) is 13.3 Å². The van der Waals surface area contributed by atoms with Crippen molar-refractivity contribution in [1.82, 2.24) is 20.3 Å². The van der Waals surface area contributed by atoms with Crippen LogP contribution in [0.3, 0.4) is 0 Å². The molecule has 0 aliphatic carbocycles. The van der Waals surface area contributed by atoms with E-state index in [1.54, 1.807) is 38.9 Å². The SMILES string of the molecule is CC[C@H](COc1cncc(-c2cc3c(cnc4cc(OC)c(OC)cc43)c(N)n2)c1)NC(=O)O. The van der Waals surface area contributed by atoms with Gasteiger partial charge < -0.3 is 30.4 Å². The van der Waals surface area contributed by atoms with Crippen molar-refractivity contribution in [3.63, 3.8) is 0 Å². The zero-order chi connectivity index (χ0) is 24.2. The molecule has 0 saturated carbocycles. The lowest BCUT2D eigenvalue weighted by Crippen LogP contribution is -2.37. The van der Waals surface area contributed by atoms with Crippen LogP contribution in [0.15, 0.2) is 42.9 Å². The van der Waals surface area contributed by atoms with Gasteiger partial charge >= 0.3 is 6.09 Å². The lowest BCUT2D eigenvalue weighted by Gasteiger charge is -2.16. The molecule has 34 heavy (non-hydrogen) atoms. The normalized spacial score (nSPS) is 11.9. The summed E-state index contributed by atoms with van der Waals surface area (Å²) >= 11 is 0. The zero-order valence-electron chi connectivity index (χ0n) is 19.0. The fourth-order valence-electron chi connectivity index (χ4n) is 3.68. The average molecular weight is 463 g/mol. The molecular weight excluding hydrogens is 438 g/mol. The van der Waals surface area contributed by atoms with Gasteiger partial charge in [0.1, 0.15) is 18.2 Å². The van der Waals surface area contributed by atoms with Crippen molar-refractivity contribution in [1.29, 1.82) is 0 Å². The van der Waals surface area contributed by atoms with Crippen LogP contribution in [0.5, 0.6) is 17.2 Å². The van der Waals surface area contributed by atoms with Crippen LogP contribution in [0.4, 0.5) is 10.6 Å². The topological polar surface area (TPSA) is 142 Å². The first-order chi connectivity index (χ1) is 16.4. The van der Waals surface area contributed by atoms with Crippen LogP contribution in [-0.4, -0.2) is 53.0 Å². The number of carbonyl (C=O) groups is 1. The predicted octanol–water partition coefficient (Wildman–Crippen LogP) is 3.87. The van der Waals surface area contributed by atoms with Crippen molar-refractivity contribution < 1.29 is 24.1 Å².